The number of piperidine rings is 1. The fraction of sp³-hybridized carbons (Fsp3) is 0.650. The number of hydrogen-bond donors (Lipinski definition) is 0. The quantitative estimate of drug-likeness (QED) is 0.584. The molecule has 0 unspecified atom stereocenters. The van der Waals surface area contributed by atoms with Crippen molar-refractivity contribution in [2.45, 2.75) is 37.0 Å². The highest BCUT2D eigenvalue weighted by atomic mass is 32.2. The number of carbonyl (C=O) groups excluding carboxylic acids is 1. The van der Waals surface area contributed by atoms with Gasteiger partial charge in [-0.25, -0.2) is 13.4 Å². The van der Waals surface area contributed by atoms with Gasteiger partial charge in [0.2, 0.25) is 15.9 Å². The van der Waals surface area contributed by atoms with Crippen molar-refractivity contribution in [2.24, 2.45) is 0 Å². The zero-order valence-corrected chi connectivity index (χ0v) is 20.0. The number of morpholine rings is 1. The Labute approximate surface area is 194 Å². The Kier molecular flexibility index (Phi) is 6.04. The molecular weight excluding hydrogens is 472 g/mol. The van der Waals surface area contributed by atoms with Crippen molar-refractivity contribution in [3.63, 3.8) is 0 Å². The maximum absolute atomic E-state index is 13.3. The van der Waals surface area contributed by atoms with Gasteiger partial charge in [-0.1, -0.05) is 0 Å². The summed E-state index contributed by atoms with van der Waals surface area (Å²) in [5, 5.41) is 0.0460. The van der Waals surface area contributed by atoms with Crippen molar-refractivity contribution >= 4 is 37.5 Å². The molecule has 3 aliphatic heterocycles. The number of likely N-dealkylation sites (tertiary alicyclic amines) is 1. The Bertz CT molecular complexity index is 1220. The maximum Gasteiger partial charge on any atom is 0.263 e. The first-order valence-corrected chi connectivity index (χ1v) is 13.2. The number of fused-ring (bicyclic) bond motifs is 1. The van der Waals surface area contributed by atoms with Crippen molar-refractivity contribution in [1.29, 1.82) is 0 Å². The van der Waals surface area contributed by atoms with Gasteiger partial charge in [0.1, 0.15) is 16.3 Å². The standard InChI is InChI=1S/C20H26N4O7S2/c1-14-17(33(27,28)24-6-8-29-9-7-24)16-18(32-14)21-13-23(19(16)26)12-15(25)22-4-2-20(3-5-22)30-10-11-31-20/h13H,2-12H2,1H3. The summed E-state index contributed by atoms with van der Waals surface area (Å²) in [6, 6.07) is 0. The number of thiophene rings is 1. The summed E-state index contributed by atoms with van der Waals surface area (Å²) in [6.45, 7) is 4.61. The molecule has 2 aromatic rings. The number of amides is 1. The third-order valence-electron chi connectivity index (χ3n) is 6.36. The summed E-state index contributed by atoms with van der Waals surface area (Å²) in [5.74, 6) is -0.818. The number of aromatic nitrogens is 2. The highest BCUT2D eigenvalue weighted by Crippen LogP contribution is 2.33. The van der Waals surface area contributed by atoms with E-state index >= 15 is 0 Å². The van der Waals surface area contributed by atoms with Crippen LogP contribution in [0.15, 0.2) is 16.0 Å². The van der Waals surface area contributed by atoms with Crippen LogP contribution in [0.25, 0.3) is 10.2 Å². The van der Waals surface area contributed by atoms with Crippen LogP contribution in [0, 0.1) is 6.92 Å². The summed E-state index contributed by atoms with van der Waals surface area (Å²) >= 11 is 1.17. The van der Waals surface area contributed by atoms with Crippen molar-refractivity contribution in [1.82, 2.24) is 18.8 Å². The molecule has 0 atom stereocenters. The Hall–Kier alpha value is -1.90. The van der Waals surface area contributed by atoms with Crippen LogP contribution in [-0.2, 0) is 35.6 Å². The Morgan fingerprint density at radius 2 is 1.79 bits per heavy atom. The van der Waals surface area contributed by atoms with Crippen LogP contribution in [0.2, 0.25) is 0 Å². The highest BCUT2D eigenvalue weighted by molar-refractivity contribution is 7.89. The maximum atomic E-state index is 13.3. The molecule has 0 radical (unpaired) electrons. The summed E-state index contributed by atoms with van der Waals surface area (Å²) < 4.78 is 45.9. The minimum absolute atomic E-state index is 0.0147. The van der Waals surface area contributed by atoms with E-state index in [1.165, 1.54) is 26.5 Å². The molecule has 0 aliphatic carbocycles. The van der Waals surface area contributed by atoms with Crippen LogP contribution in [-0.4, -0.2) is 91.5 Å². The third-order valence-corrected chi connectivity index (χ3v) is 9.58. The molecule has 3 aliphatic rings. The van der Waals surface area contributed by atoms with Gasteiger partial charge in [0.25, 0.3) is 5.56 Å². The first-order chi connectivity index (χ1) is 15.8. The van der Waals surface area contributed by atoms with E-state index in [0.29, 0.717) is 62.1 Å². The van der Waals surface area contributed by atoms with E-state index in [0.717, 1.165) is 0 Å². The van der Waals surface area contributed by atoms with Gasteiger partial charge in [-0.3, -0.25) is 14.2 Å². The second kappa shape index (κ2) is 8.71. The van der Waals surface area contributed by atoms with Crippen molar-refractivity contribution in [3.8, 4) is 0 Å². The van der Waals surface area contributed by atoms with E-state index in [-0.39, 0.29) is 35.8 Å². The second-order valence-electron chi connectivity index (χ2n) is 8.35. The first-order valence-electron chi connectivity index (χ1n) is 10.9. The molecule has 180 valence electrons. The minimum atomic E-state index is -3.89. The monoisotopic (exact) mass is 498 g/mol. The van der Waals surface area contributed by atoms with E-state index in [4.69, 9.17) is 14.2 Å². The number of ether oxygens (including phenoxy) is 3. The van der Waals surface area contributed by atoms with E-state index in [9.17, 15) is 18.0 Å². The van der Waals surface area contributed by atoms with Gasteiger partial charge in [-0.2, -0.15) is 4.31 Å². The fourth-order valence-corrected chi connectivity index (χ4v) is 7.66. The highest BCUT2D eigenvalue weighted by Gasteiger charge is 2.41. The zero-order chi connectivity index (χ0) is 23.2. The predicted molar refractivity (Wildman–Crippen MR) is 119 cm³/mol. The van der Waals surface area contributed by atoms with Crippen LogP contribution in [0.3, 0.4) is 0 Å². The van der Waals surface area contributed by atoms with Crippen molar-refractivity contribution < 1.29 is 27.4 Å². The SMILES string of the molecule is Cc1sc2ncn(CC(=O)N3CCC4(CC3)OCCO4)c(=O)c2c1S(=O)(=O)N1CCOCC1. The Morgan fingerprint density at radius 3 is 2.45 bits per heavy atom. The molecule has 0 aromatic carbocycles. The van der Waals surface area contributed by atoms with Crippen molar-refractivity contribution in [2.75, 3.05) is 52.6 Å². The van der Waals surface area contributed by atoms with Crippen molar-refractivity contribution in [3.05, 3.63) is 21.6 Å². The molecule has 33 heavy (non-hydrogen) atoms. The lowest BCUT2D eigenvalue weighted by atomic mass is 10.0. The van der Waals surface area contributed by atoms with Gasteiger partial charge >= 0.3 is 0 Å². The largest absolute Gasteiger partial charge is 0.379 e. The lowest BCUT2D eigenvalue weighted by molar-refractivity contribution is -0.187. The normalized spacial score (nSPS) is 21.8. The van der Waals surface area contributed by atoms with Crippen LogP contribution in [0.4, 0.5) is 0 Å². The number of hydrogen-bond acceptors (Lipinski definition) is 9. The number of carbonyl (C=O) groups is 1. The Morgan fingerprint density at radius 1 is 1.12 bits per heavy atom. The molecule has 5 rings (SSSR count). The lowest BCUT2D eigenvalue weighted by Gasteiger charge is -2.37. The summed E-state index contributed by atoms with van der Waals surface area (Å²) in [7, 11) is -3.89. The number of rotatable bonds is 4. The fourth-order valence-electron chi connectivity index (χ4n) is 4.58. The summed E-state index contributed by atoms with van der Waals surface area (Å²) in [5.41, 5.74) is -0.527. The third kappa shape index (κ3) is 4.10. The number of aryl methyl sites for hydroxylation is 1. The molecule has 1 amide bonds. The zero-order valence-electron chi connectivity index (χ0n) is 18.3. The molecule has 0 saturated carbocycles. The van der Waals surface area contributed by atoms with Crippen LogP contribution >= 0.6 is 11.3 Å². The van der Waals surface area contributed by atoms with Gasteiger partial charge in [-0.05, 0) is 6.92 Å². The molecule has 5 heterocycles. The molecule has 11 nitrogen and oxygen atoms in total. The van der Waals surface area contributed by atoms with E-state index in [1.54, 1.807) is 11.8 Å². The van der Waals surface area contributed by atoms with Crippen LogP contribution < -0.4 is 5.56 Å². The minimum Gasteiger partial charge on any atom is -0.379 e. The molecule has 3 fully saturated rings. The summed E-state index contributed by atoms with van der Waals surface area (Å²) in [4.78, 5) is 33.1. The van der Waals surface area contributed by atoms with Crippen LogP contribution in [0.1, 0.15) is 17.7 Å². The average molecular weight is 499 g/mol. The molecule has 2 aromatic heterocycles. The molecule has 1 spiro atoms. The van der Waals surface area contributed by atoms with Gasteiger partial charge in [0.15, 0.2) is 5.79 Å². The molecule has 0 N–H and O–H groups in total. The smallest absolute Gasteiger partial charge is 0.263 e. The molecule has 13 heteroatoms. The summed E-state index contributed by atoms with van der Waals surface area (Å²) in [6.07, 6.45) is 2.48. The Balaban J connectivity index is 1.41. The number of sulfonamides is 1. The molecule has 0 bridgehead atoms. The van der Waals surface area contributed by atoms with Gasteiger partial charge in [0.05, 0.1) is 38.1 Å². The van der Waals surface area contributed by atoms with Gasteiger partial charge in [-0.15, -0.1) is 11.3 Å². The number of nitrogens with zero attached hydrogens (tertiary/aromatic N) is 4. The topological polar surface area (TPSA) is 120 Å². The lowest BCUT2D eigenvalue weighted by Crippen LogP contribution is -2.48. The van der Waals surface area contributed by atoms with E-state index < -0.39 is 21.4 Å². The van der Waals surface area contributed by atoms with E-state index in [2.05, 4.69) is 4.98 Å². The molecule has 3 saturated heterocycles. The van der Waals surface area contributed by atoms with Crippen LogP contribution in [0.5, 0.6) is 0 Å². The first kappa shape index (κ1) is 22.9. The molecular formula is C20H26N4O7S2. The predicted octanol–water partition coefficient (Wildman–Crippen LogP) is 0.153. The van der Waals surface area contributed by atoms with Gasteiger partial charge in [0, 0.05) is 43.9 Å². The second-order valence-corrected chi connectivity index (χ2v) is 11.4. The average Bonchev–Trinajstić information content (AvgIpc) is 3.41. The van der Waals surface area contributed by atoms with Gasteiger partial charge < -0.3 is 19.1 Å². The van der Waals surface area contributed by atoms with E-state index in [1.807, 2.05) is 0 Å².